The van der Waals surface area contributed by atoms with E-state index < -0.39 is 0 Å². The van der Waals surface area contributed by atoms with Gasteiger partial charge < -0.3 is 10.2 Å². The lowest BCUT2D eigenvalue weighted by Crippen LogP contribution is -2.31. The van der Waals surface area contributed by atoms with Crippen LogP contribution in [0.4, 0.5) is 0 Å². The lowest BCUT2D eigenvalue weighted by molar-refractivity contribution is -0.268. The molecule has 19 heavy (non-hydrogen) atoms. The zero-order valence-electron chi connectivity index (χ0n) is 11.3. The first kappa shape index (κ1) is 15.6. The Morgan fingerprint density at radius 1 is 1.53 bits per heavy atom. The molecule has 0 saturated carbocycles. The van der Waals surface area contributed by atoms with Crippen molar-refractivity contribution in [3.63, 3.8) is 0 Å². The average Bonchev–Trinajstić information content (AvgIpc) is 2.35. The molecular formula is C12H19ClN4O2. The maximum Gasteiger partial charge on any atom is 0.129 e. The molecular weight excluding hydrogens is 268 g/mol. The van der Waals surface area contributed by atoms with Gasteiger partial charge in [0.25, 0.3) is 0 Å². The lowest BCUT2D eigenvalue weighted by atomic mass is 10.1. The number of hydroxylamine groups is 2. The van der Waals surface area contributed by atoms with Gasteiger partial charge in [-0.3, -0.25) is 10.4 Å². The van der Waals surface area contributed by atoms with Crippen LogP contribution in [0.2, 0.25) is 5.15 Å². The molecule has 0 aliphatic heterocycles. The van der Waals surface area contributed by atoms with E-state index >= 15 is 0 Å². The van der Waals surface area contributed by atoms with E-state index in [1.54, 1.807) is 19.3 Å². The Bertz CT molecular complexity index is 451. The third-order valence-corrected chi connectivity index (χ3v) is 2.97. The average molecular weight is 287 g/mol. The number of hydrogen-bond acceptors (Lipinski definition) is 6. The SMILES string of the molecule is CCN(Cc1cnc(Cl)cc1C)/C(=C/N(O)O)NC. The van der Waals surface area contributed by atoms with Gasteiger partial charge in [-0.25, -0.2) is 4.98 Å². The third kappa shape index (κ3) is 4.59. The molecule has 1 aromatic heterocycles. The summed E-state index contributed by atoms with van der Waals surface area (Å²) < 4.78 is 0. The first-order chi connectivity index (χ1) is 8.97. The Morgan fingerprint density at radius 3 is 2.68 bits per heavy atom. The third-order valence-electron chi connectivity index (χ3n) is 2.76. The molecule has 0 atom stereocenters. The fourth-order valence-corrected chi connectivity index (χ4v) is 1.91. The molecule has 0 aliphatic carbocycles. The smallest absolute Gasteiger partial charge is 0.129 e. The highest BCUT2D eigenvalue weighted by Crippen LogP contribution is 2.15. The number of aromatic nitrogens is 1. The number of hydrogen-bond donors (Lipinski definition) is 3. The van der Waals surface area contributed by atoms with Crippen molar-refractivity contribution in [2.45, 2.75) is 20.4 Å². The monoisotopic (exact) mass is 286 g/mol. The molecule has 0 saturated heterocycles. The number of rotatable bonds is 6. The summed E-state index contributed by atoms with van der Waals surface area (Å²) in [6.07, 6.45) is 2.91. The topological polar surface area (TPSA) is 71.9 Å². The molecule has 1 heterocycles. The lowest BCUT2D eigenvalue weighted by Gasteiger charge is -2.26. The number of halogens is 1. The molecule has 1 aromatic rings. The van der Waals surface area contributed by atoms with Crippen LogP contribution in [0, 0.1) is 6.92 Å². The Morgan fingerprint density at radius 2 is 2.21 bits per heavy atom. The Labute approximate surface area is 117 Å². The summed E-state index contributed by atoms with van der Waals surface area (Å²) in [5.74, 6) is 0.585. The number of nitrogens with one attached hydrogen (secondary N) is 1. The number of aryl methyl sites for hydroxylation is 1. The van der Waals surface area contributed by atoms with Crippen molar-refractivity contribution in [3.05, 3.63) is 40.6 Å². The standard InChI is InChI=1S/C12H19ClN4O2/c1-4-16(12(14-3)8-17(18)19)7-10-6-15-11(13)5-9(10)2/h5-6,8,14,18-19H,4,7H2,1-3H3/b12-8+. The molecule has 0 amide bonds. The molecule has 6 nitrogen and oxygen atoms in total. The summed E-state index contributed by atoms with van der Waals surface area (Å²) in [5, 5.41) is 21.1. The minimum Gasteiger partial charge on any atom is -0.373 e. The van der Waals surface area contributed by atoms with Gasteiger partial charge in [0.05, 0.1) is 6.20 Å². The van der Waals surface area contributed by atoms with Gasteiger partial charge in [-0.15, -0.1) is 5.23 Å². The van der Waals surface area contributed by atoms with E-state index in [-0.39, 0.29) is 5.23 Å². The van der Waals surface area contributed by atoms with Crippen molar-refractivity contribution in [2.24, 2.45) is 0 Å². The normalized spacial score (nSPS) is 11.4. The van der Waals surface area contributed by atoms with Crippen molar-refractivity contribution < 1.29 is 10.4 Å². The fraction of sp³-hybridized carbons (Fsp3) is 0.417. The van der Waals surface area contributed by atoms with Gasteiger partial charge in [0, 0.05) is 26.3 Å². The molecule has 0 fully saturated rings. The summed E-state index contributed by atoms with van der Waals surface area (Å²) in [6.45, 7) is 5.22. The van der Waals surface area contributed by atoms with Crippen LogP contribution in [-0.2, 0) is 6.54 Å². The van der Waals surface area contributed by atoms with Gasteiger partial charge in [0.15, 0.2) is 0 Å². The van der Waals surface area contributed by atoms with Gasteiger partial charge in [0.2, 0.25) is 0 Å². The molecule has 1 rings (SSSR count). The van der Waals surface area contributed by atoms with Crippen LogP contribution in [0.5, 0.6) is 0 Å². The highest BCUT2D eigenvalue weighted by molar-refractivity contribution is 6.29. The Hall–Kier alpha value is -1.50. The van der Waals surface area contributed by atoms with E-state index in [9.17, 15) is 0 Å². The summed E-state index contributed by atoms with van der Waals surface area (Å²) in [5.41, 5.74) is 2.06. The number of pyridine rings is 1. The predicted octanol–water partition coefficient (Wildman–Crippen LogP) is 1.96. The summed E-state index contributed by atoms with van der Waals surface area (Å²) in [4.78, 5) is 6.00. The molecule has 0 bridgehead atoms. The van der Waals surface area contributed by atoms with Gasteiger partial charge in [-0.2, -0.15) is 0 Å². The molecule has 106 valence electrons. The van der Waals surface area contributed by atoms with Gasteiger partial charge >= 0.3 is 0 Å². The van der Waals surface area contributed by atoms with Crippen LogP contribution in [0.3, 0.4) is 0 Å². The van der Waals surface area contributed by atoms with E-state index in [4.69, 9.17) is 22.0 Å². The van der Waals surface area contributed by atoms with E-state index in [2.05, 4.69) is 10.3 Å². The Balaban J connectivity index is 2.92. The molecule has 0 radical (unpaired) electrons. The maximum absolute atomic E-state index is 8.87. The molecule has 0 spiro atoms. The van der Waals surface area contributed by atoms with Crippen LogP contribution >= 0.6 is 11.6 Å². The molecule has 3 N–H and O–H groups in total. The van der Waals surface area contributed by atoms with Gasteiger partial charge in [-0.1, -0.05) is 11.6 Å². The second-order valence-electron chi connectivity index (χ2n) is 4.03. The first-order valence-corrected chi connectivity index (χ1v) is 6.28. The van der Waals surface area contributed by atoms with E-state index in [1.165, 1.54) is 6.20 Å². The van der Waals surface area contributed by atoms with Crippen molar-refractivity contribution in [3.8, 4) is 0 Å². The van der Waals surface area contributed by atoms with Crippen LogP contribution < -0.4 is 5.32 Å². The Kier molecular flexibility index (Phi) is 5.88. The minimum atomic E-state index is 0.0292. The molecule has 0 unspecified atom stereocenters. The van der Waals surface area contributed by atoms with Crippen LogP contribution in [0.25, 0.3) is 0 Å². The van der Waals surface area contributed by atoms with E-state index in [0.29, 0.717) is 24.1 Å². The van der Waals surface area contributed by atoms with Crippen molar-refractivity contribution >= 4 is 11.6 Å². The number of nitrogens with zero attached hydrogens (tertiary/aromatic N) is 3. The van der Waals surface area contributed by atoms with Crippen molar-refractivity contribution in [1.29, 1.82) is 0 Å². The highest BCUT2D eigenvalue weighted by atomic mass is 35.5. The van der Waals surface area contributed by atoms with E-state index in [0.717, 1.165) is 11.1 Å². The van der Waals surface area contributed by atoms with Crippen LogP contribution in [0.1, 0.15) is 18.1 Å². The molecule has 0 aliphatic rings. The van der Waals surface area contributed by atoms with Crippen molar-refractivity contribution in [1.82, 2.24) is 20.4 Å². The maximum atomic E-state index is 8.87. The summed E-state index contributed by atoms with van der Waals surface area (Å²) >= 11 is 5.82. The van der Waals surface area contributed by atoms with Crippen LogP contribution in [0.15, 0.2) is 24.3 Å². The second-order valence-corrected chi connectivity index (χ2v) is 4.42. The summed E-state index contributed by atoms with van der Waals surface area (Å²) in [6, 6.07) is 1.80. The quantitative estimate of drug-likeness (QED) is 0.548. The zero-order chi connectivity index (χ0) is 14.4. The van der Waals surface area contributed by atoms with Gasteiger partial charge in [-0.05, 0) is 31.0 Å². The van der Waals surface area contributed by atoms with Gasteiger partial charge in [0.1, 0.15) is 11.0 Å². The molecule has 0 aromatic carbocycles. The minimum absolute atomic E-state index is 0.0292. The highest BCUT2D eigenvalue weighted by Gasteiger charge is 2.10. The first-order valence-electron chi connectivity index (χ1n) is 5.90. The fourth-order valence-electron chi connectivity index (χ4n) is 1.70. The van der Waals surface area contributed by atoms with Crippen molar-refractivity contribution in [2.75, 3.05) is 13.6 Å². The largest absolute Gasteiger partial charge is 0.373 e. The predicted molar refractivity (Wildman–Crippen MR) is 72.6 cm³/mol. The van der Waals surface area contributed by atoms with E-state index in [1.807, 2.05) is 18.7 Å². The zero-order valence-corrected chi connectivity index (χ0v) is 12.0. The molecule has 7 heteroatoms. The van der Waals surface area contributed by atoms with Crippen LogP contribution in [-0.4, -0.2) is 39.1 Å². The second kappa shape index (κ2) is 7.18. The summed E-state index contributed by atoms with van der Waals surface area (Å²) in [7, 11) is 1.71.